The van der Waals surface area contributed by atoms with Crippen molar-refractivity contribution >= 4 is 22.6 Å². The van der Waals surface area contributed by atoms with Gasteiger partial charge in [-0.1, -0.05) is 71.1 Å². The minimum absolute atomic E-state index is 0. The van der Waals surface area contributed by atoms with Crippen LogP contribution in [0.25, 0.3) is 0 Å². The first-order chi connectivity index (χ1) is 6.91. The zero-order valence-corrected chi connectivity index (χ0v) is 10.6. The summed E-state index contributed by atoms with van der Waals surface area (Å²) in [6, 6.07) is 0. The molecule has 0 saturated carbocycles. The van der Waals surface area contributed by atoms with Crippen LogP contribution in [-0.4, -0.2) is 16.8 Å². The summed E-state index contributed by atoms with van der Waals surface area (Å²) < 4.78 is 0. The summed E-state index contributed by atoms with van der Waals surface area (Å²) in [7, 11) is 0. The van der Waals surface area contributed by atoms with Crippen molar-refractivity contribution in [3.8, 4) is 0 Å². The maximum atomic E-state index is 5.61. The zero-order valence-electron chi connectivity index (χ0n) is 9.86. The number of halogens is 1. The van der Waals surface area contributed by atoms with Crippen LogP contribution in [0.2, 0.25) is 0 Å². The topological polar surface area (TPSA) is 0 Å². The minimum Gasteiger partial charge on any atom is -0.127 e. The molecule has 0 aliphatic rings. The van der Waals surface area contributed by atoms with Crippen molar-refractivity contribution in [1.29, 1.82) is 0 Å². The molecule has 94 valence electrons. The quantitative estimate of drug-likeness (QED) is 0.295. The molecule has 0 amide bonds. The predicted octanol–water partition coefficient (Wildman–Crippen LogP) is 4.08. The highest BCUT2D eigenvalue weighted by Gasteiger charge is 1.91. The van der Waals surface area contributed by atoms with Crippen molar-refractivity contribution in [3.05, 3.63) is 0 Å². The first-order valence-electron chi connectivity index (χ1n) is 6.47. The van der Waals surface area contributed by atoms with E-state index in [9.17, 15) is 0 Å². The van der Waals surface area contributed by atoms with Gasteiger partial charge >= 0.3 is 0 Å². The highest BCUT2D eigenvalue weighted by atomic mass is 35.5. The van der Waals surface area contributed by atoms with Crippen LogP contribution >= 0.6 is 11.6 Å². The van der Waals surface area contributed by atoms with Crippen LogP contribution in [0.3, 0.4) is 0 Å². The Kier molecular flexibility index (Phi) is 20.2. The van der Waals surface area contributed by atoms with E-state index in [-0.39, 0.29) is 11.0 Å². The molecule has 0 N–H and O–H groups in total. The van der Waals surface area contributed by atoms with Crippen LogP contribution < -0.4 is 0 Å². The van der Waals surface area contributed by atoms with Crippen LogP contribution in [0.4, 0.5) is 0 Å². The van der Waals surface area contributed by atoms with E-state index in [1.54, 1.807) is 0 Å². The SMILES string of the molecule is CCCCCCCCCCCCCCl.[SiH4]. The number of hydrogen-bond donors (Lipinski definition) is 0. The van der Waals surface area contributed by atoms with Crippen LogP contribution in [0.1, 0.15) is 77.6 Å². The Morgan fingerprint density at radius 1 is 0.600 bits per heavy atom. The molecule has 0 heterocycles. The molecule has 0 fully saturated rings. The van der Waals surface area contributed by atoms with Gasteiger partial charge in [-0.05, 0) is 17.4 Å². The van der Waals surface area contributed by atoms with E-state index in [1.165, 1.54) is 70.6 Å². The van der Waals surface area contributed by atoms with Gasteiger partial charge in [0.1, 0.15) is 0 Å². The number of rotatable bonds is 11. The molecular weight excluding hydrogens is 220 g/mol. The fraction of sp³-hybridized carbons (Fsp3) is 1.00. The smallest absolute Gasteiger partial charge is 0.0223 e. The minimum atomic E-state index is 0. The molecule has 0 rings (SSSR count). The van der Waals surface area contributed by atoms with Gasteiger partial charge in [0.25, 0.3) is 0 Å². The van der Waals surface area contributed by atoms with Gasteiger partial charge in [0.15, 0.2) is 0 Å². The van der Waals surface area contributed by atoms with Crippen LogP contribution in [-0.2, 0) is 0 Å². The molecular formula is C13H31ClSi. The van der Waals surface area contributed by atoms with Gasteiger partial charge in [-0.15, -0.1) is 11.6 Å². The van der Waals surface area contributed by atoms with Crippen molar-refractivity contribution in [2.24, 2.45) is 0 Å². The standard InChI is InChI=1S/C13H27Cl.H4Si/c1-2-3-4-5-6-7-8-9-10-11-12-13-14;/h2-13H2,1H3;1H4. The number of hydrogen-bond acceptors (Lipinski definition) is 0. The summed E-state index contributed by atoms with van der Waals surface area (Å²) in [4.78, 5) is 0. The van der Waals surface area contributed by atoms with Crippen LogP contribution in [0, 0.1) is 0 Å². The molecule has 0 unspecified atom stereocenters. The van der Waals surface area contributed by atoms with Gasteiger partial charge in [-0.2, -0.15) is 0 Å². The molecule has 0 bridgehead atoms. The second-order valence-electron chi connectivity index (χ2n) is 4.22. The molecule has 0 atom stereocenters. The lowest BCUT2D eigenvalue weighted by atomic mass is 10.1. The summed E-state index contributed by atoms with van der Waals surface area (Å²) in [6.07, 6.45) is 15.4. The molecule has 0 aromatic heterocycles. The fourth-order valence-corrected chi connectivity index (χ4v) is 1.95. The van der Waals surface area contributed by atoms with E-state index >= 15 is 0 Å². The Hall–Kier alpha value is 0.507. The van der Waals surface area contributed by atoms with E-state index in [1.807, 2.05) is 0 Å². The van der Waals surface area contributed by atoms with Crippen LogP contribution in [0.5, 0.6) is 0 Å². The highest BCUT2D eigenvalue weighted by Crippen LogP contribution is 2.11. The molecule has 0 aromatic rings. The molecule has 0 radical (unpaired) electrons. The Labute approximate surface area is 106 Å². The summed E-state index contributed by atoms with van der Waals surface area (Å²) in [5.41, 5.74) is 0. The lowest BCUT2D eigenvalue weighted by Gasteiger charge is -2.01. The lowest BCUT2D eigenvalue weighted by molar-refractivity contribution is 0.555. The first kappa shape index (κ1) is 17.9. The van der Waals surface area contributed by atoms with E-state index in [4.69, 9.17) is 11.6 Å². The Bertz CT molecular complexity index is 84.5. The summed E-state index contributed by atoms with van der Waals surface area (Å²) in [5, 5.41) is 0. The van der Waals surface area contributed by atoms with Crippen molar-refractivity contribution in [2.75, 3.05) is 5.88 Å². The van der Waals surface area contributed by atoms with Gasteiger partial charge in [0.2, 0.25) is 0 Å². The van der Waals surface area contributed by atoms with Crippen molar-refractivity contribution in [3.63, 3.8) is 0 Å². The lowest BCUT2D eigenvalue weighted by Crippen LogP contribution is -1.82. The van der Waals surface area contributed by atoms with Crippen LogP contribution in [0.15, 0.2) is 0 Å². The van der Waals surface area contributed by atoms with Gasteiger partial charge in [0.05, 0.1) is 0 Å². The summed E-state index contributed by atoms with van der Waals surface area (Å²) >= 11 is 5.61. The van der Waals surface area contributed by atoms with Gasteiger partial charge in [0, 0.05) is 5.88 Å². The maximum absolute atomic E-state index is 5.61. The van der Waals surface area contributed by atoms with Gasteiger partial charge < -0.3 is 0 Å². The molecule has 0 saturated heterocycles. The fourth-order valence-electron chi connectivity index (χ4n) is 1.76. The van der Waals surface area contributed by atoms with E-state index in [2.05, 4.69) is 6.92 Å². The van der Waals surface area contributed by atoms with Gasteiger partial charge in [-0.3, -0.25) is 0 Å². The second-order valence-corrected chi connectivity index (χ2v) is 4.60. The largest absolute Gasteiger partial charge is 0.127 e. The molecule has 15 heavy (non-hydrogen) atoms. The number of unbranched alkanes of at least 4 members (excludes halogenated alkanes) is 10. The second kappa shape index (κ2) is 16.9. The summed E-state index contributed by atoms with van der Waals surface area (Å²) in [5.74, 6) is 0.844. The van der Waals surface area contributed by atoms with Gasteiger partial charge in [-0.25, -0.2) is 0 Å². The van der Waals surface area contributed by atoms with Crippen molar-refractivity contribution < 1.29 is 0 Å². The third-order valence-corrected chi connectivity index (χ3v) is 3.00. The average molecular weight is 251 g/mol. The third kappa shape index (κ3) is 17.1. The molecule has 0 spiro atoms. The third-order valence-electron chi connectivity index (χ3n) is 2.74. The van der Waals surface area contributed by atoms with E-state index in [0.717, 1.165) is 5.88 Å². The average Bonchev–Trinajstić information content (AvgIpc) is 2.21. The van der Waals surface area contributed by atoms with E-state index < -0.39 is 0 Å². The van der Waals surface area contributed by atoms with Crippen molar-refractivity contribution in [2.45, 2.75) is 77.6 Å². The summed E-state index contributed by atoms with van der Waals surface area (Å²) in [6.45, 7) is 2.27. The molecule has 0 nitrogen and oxygen atoms in total. The zero-order chi connectivity index (χ0) is 10.5. The Morgan fingerprint density at radius 3 is 1.27 bits per heavy atom. The highest BCUT2D eigenvalue weighted by molar-refractivity contribution is 6.17. The van der Waals surface area contributed by atoms with Crippen molar-refractivity contribution in [1.82, 2.24) is 0 Å². The number of alkyl halides is 1. The Morgan fingerprint density at radius 2 is 0.933 bits per heavy atom. The monoisotopic (exact) mass is 250 g/mol. The molecule has 0 aromatic carbocycles. The maximum Gasteiger partial charge on any atom is 0.0223 e. The first-order valence-corrected chi connectivity index (χ1v) is 7.01. The predicted molar refractivity (Wildman–Crippen MR) is 78.5 cm³/mol. The Balaban J connectivity index is 0. The molecule has 0 aliphatic carbocycles. The normalized spacial score (nSPS) is 10.0. The molecule has 2 heteroatoms. The molecule has 0 aliphatic heterocycles. The van der Waals surface area contributed by atoms with E-state index in [0.29, 0.717) is 0 Å².